The van der Waals surface area contributed by atoms with Gasteiger partial charge in [0.2, 0.25) is 0 Å². The minimum absolute atomic E-state index is 0.0363. The highest BCUT2D eigenvalue weighted by atomic mass is 35.5. The molecular weight excluding hydrogens is 345 g/mol. The molecule has 0 N–H and O–H groups in total. The van der Waals surface area contributed by atoms with E-state index >= 15 is 0 Å². The maximum Gasteiger partial charge on any atom is 0.448 e. The average Bonchev–Trinajstić information content (AvgIpc) is 3.03. The topological polar surface area (TPSA) is 32.8 Å². The SMILES string of the molecule is CC#CN1C(=O)OC(N2CCCC2)(C(F)(F)F)c2cc(Cl)ccc21. The molecule has 8 heteroatoms. The maximum atomic E-state index is 14.1. The van der Waals surface area contributed by atoms with E-state index in [0.29, 0.717) is 12.8 Å². The molecule has 1 unspecified atom stereocenters. The number of hydrogen-bond donors (Lipinski definition) is 0. The van der Waals surface area contributed by atoms with Crippen molar-refractivity contribution in [2.24, 2.45) is 0 Å². The van der Waals surface area contributed by atoms with Crippen LogP contribution in [-0.4, -0.2) is 30.3 Å². The monoisotopic (exact) mass is 358 g/mol. The number of cyclic esters (lactones) is 1. The van der Waals surface area contributed by atoms with E-state index in [1.807, 2.05) is 0 Å². The van der Waals surface area contributed by atoms with Crippen LogP contribution >= 0.6 is 11.6 Å². The molecule has 0 aliphatic carbocycles. The van der Waals surface area contributed by atoms with Gasteiger partial charge < -0.3 is 4.74 Å². The molecule has 0 bridgehead atoms. The molecule has 0 aromatic heterocycles. The number of alkyl halides is 3. The van der Waals surface area contributed by atoms with Crippen LogP contribution in [0.25, 0.3) is 0 Å². The van der Waals surface area contributed by atoms with Crippen LogP contribution in [0.2, 0.25) is 5.02 Å². The minimum Gasteiger partial charge on any atom is -0.412 e. The Morgan fingerprint density at radius 2 is 1.96 bits per heavy atom. The Bertz CT molecular complexity index is 735. The molecule has 128 valence electrons. The molecule has 2 heterocycles. The van der Waals surface area contributed by atoms with E-state index in [0.717, 1.165) is 9.80 Å². The number of carbonyl (C=O) groups excluding carboxylic acids is 1. The largest absolute Gasteiger partial charge is 0.448 e. The standard InChI is InChI=1S/C16H14ClF3N2O2/c1-2-7-22-13-6-5-11(17)10-12(13)15(16(18,19)20,24-14(22)23)21-8-3-4-9-21/h5-6,10H,3-4,8-9H2,1H3. The number of anilines is 1. The Morgan fingerprint density at radius 1 is 1.29 bits per heavy atom. The molecule has 1 atom stereocenters. The summed E-state index contributed by atoms with van der Waals surface area (Å²) >= 11 is 5.94. The number of benzene rings is 1. The zero-order valence-corrected chi connectivity index (χ0v) is 13.5. The smallest absolute Gasteiger partial charge is 0.412 e. The molecule has 4 nitrogen and oxygen atoms in total. The van der Waals surface area contributed by atoms with Gasteiger partial charge in [-0.1, -0.05) is 17.5 Å². The normalized spacial score (nSPS) is 24.2. The van der Waals surface area contributed by atoms with Gasteiger partial charge in [-0.15, -0.1) is 0 Å². The summed E-state index contributed by atoms with van der Waals surface area (Å²) in [6, 6.07) is 6.45. The van der Waals surface area contributed by atoms with Crippen molar-refractivity contribution < 1.29 is 22.7 Å². The number of halogens is 4. The zero-order valence-electron chi connectivity index (χ0n) is 12.8. The first-order valence-electron chi connectivity index (χ1n) is 7.38. The van der Waals surface area contributed by atoms with Gasteiger partial charge in [0, 0.05) is 29.7 Å². The van der Waals surface area contributed by atoms with E-state index in [2.05, 4.69) is 12.0 Å². The second-order valence-corrected chi connectivity index (χ2v) is 6.00. The molecule has 1 saturated heterocycles. The number of rotatable bonds is 1. The molecule has 3 rings (SSSR count). The number of fused-ring (bicyclic) bond motifs is 1. The van der Waals surface area contributed by atoms with Gasteiger partial charge in [0.15, 0.2) is 0 Å². The van der Waals surface area contributed by atoms with E-state index in [4.69, 9.17) is 16.3 Å². The van der Waals surface area contributed by atoms with Crippen LogP contribution < -0.4 is 4.90 Å². The second kappa shape index (κ2) is 5.87. The van der Waals surface area contributed by atoms with Crippen LogP contribution in [0.5, 0.6) is 0 Å². The molecule has 2 aliphatic rings. The van der Waals surface area contributed by atoms with E-state index < -0.39 is 18.0 Å². The fourth-order valence-electron chi connectivity index (χ4n) is 3.17. The Balaban J connectivity index is 2.29. The van der Waals surface area contributed by atoms with E-state index in [-0.39, 0.29) is 29.4 Å². The van der Waals surface area contributed by atoms with Gasteiger partial charge >= 0.3 is 12.3 Å². The summed E-state index contributed by atoms with van der Waals surface area (Å²) in [6.45, 7) is 1.84. The van der Waals surface area contributed by atoms with Gasteiger partial charge in [0.05, 0.1) is 5.69 Å². The number of likely N-dealkylation sites (tertiary alicyclic amines) is 1. The molecule has 1 amide bonds. The van der Waals surface area contributed by atoms with Crippen molar-refractivity contribution >= 4 is 23.4 Å². The zero-order chi connectivity index (χ0) is 17.5. The highest BCUT2D eigenvalue weighted by Crippen LogP contribution is 2.52. The lowest BCUT2D eigenvalue weighted by molar-refractivity contribution is -0.319. The van der Waals surface area contributed by atoms with Gasteiger partial charge in [-0.2, -0.15) is 13.2 Å². The molecule has 24 heavy (non-hydrogen) atoms. The van der Waals surface area contributed by atoms with Crippen molar-refractivity contribution in [1.29, 1.82) is 0 Å². The van der Waals surface area contributed by atoms with Crippen molar-refractivity contribution in [3.63, 3.8) is 0 Å². The lowest BCUT2D eigenvalue weighted by Gasteiger charge is -2.46. The summed E-state index contributed by atoms with van der Waals surface area (Å²) in [4.78, 5) is 14.3. The third kappa shape index (κ3) is 2.41. The van der Waals surface area contributed by atoms with Gasteiger partial charge in [-0.25, -0.2) is 9.69 Å². The highest BCUT2D eigenvalue weighted by Gasteiger charge is 2.67. The van der Waals surface area contributed by atoms with Crippen LogP contribution in [0.15, 0.2) is 18.2 Å². The predicted molar refractivity (Wildman–Crippen MR) is 82.4 cm³/mol. The first-order valence-corrected chi connectivity index (χ1v) is 7.76. The molecule has 0 radical (unpaired) electrons. The molecular formula is C16H14ClF3N2O2. The maximum absolute atomic E-state index is 14.1. The summed E-state index contributed by atoms with van der Waals surface area (Å²) in [5.74, 6) is 2.51. The van der Waals surface area contributed by atoms with Crippen molar-refractivity contribution in [2.45, 2.75) is 31.7 Å². The minimum atomic E-state index is -4.82. The number of ether oxygens (including phenoxy) is 1. The van der Waals surface area contributed by atoms with Gasteiger partial charge in [0.1, 0.15) is 0 Å². The molecule has 1 aromatic carbocycles. The second-order valence-electron chi connectivity index (χ2n) is 5.56. The number of nitrogens with zero attached hydrogens (tertiary/aromatic N) is 2. The van der Waals surface area contributed by atoms with Gasteiger partial charge in [-0.05, 0) is 38.0 Å². The van der Waals surface area contributed by atoms with Crippen molar-refractivity contribution in [3.8, 4) is 12.0 Å². The molecule has 1 aromatic rings. The highest BCUT2D eigenvalue weighted by molar-refractivity contribution is 6.30. The molecule has 0 saturated carbocycles. The Kier molecular flexibility index (Phi) is 4.14. The Hall–Kier alpha value is -1.91. The Labute approximate surface area is 142 Å². The van der Waals surface area contributed by atoms with Crippen molar-refractivity contribution in [3.05, 3.63) is 28.8 Å². The van der Waals surface area contributed by atoms with Gasteiger partial charge in [-0.3, -0.25) is 4.90 Å². The third-order valence-electron chi connectivity index (χ3n) is 4.14. The molecule has 2 aliphatic heterocycles. The average molecular weight is 359 g/mol. The summed E-state index contributed by atoms with van der Waals surface area (Å²) in [5.41, 5.74) is -3.02. The lowest BCUT2D eigenvalue weighted by Crippen LogP contribution is -2.61. The summed E-state index contributed by atoms with van der Waals surface area (Å²) in [7, 11) is 0. The molecule has 1 fully saturated rings. The van der Waals surface area contributed by atoms with Crippen LogP contribution in [0, 0.1) is 12.0 Å². The molecule has 0 spiro atoms. The number of hydrogen-bond acceptors (Lipinski definition) is 3. The van der Waals surface area contributed by atoms with Gasteiger partial charge in [0.25, 0.3) is 5.72 Å². The van der Waals surface area contributed by atoms with Crippen molar-refractivity contribution in [1.82, 2.24) is 4.90 Å². The summed E-state index contributed by atoms with van der Waals surface area (Å²) in [6.07, 6.45) is -4.77. The van der Waals surface area contributed by atoms with E-state index in [9.17, 15) is 18.0 Å². The number of carbonyl (C=O) groups is 1. The fourth-order valence-corrected chi connectivity index (χ4v) is 3.35. The number of amides is 1. The van der Waals surface area contributed by atoms with Crippen LogP contribution in [0.1, 0.15) is 25.3 Å². The lowest BCUT2D eigenvalue weighted by atomic mass is 9.96. The third-order valence-corrected chi connectivity index (χ3v) is 4.38. The first kappa shape index (κ1) is 16.9. The quantitative estimate of drug-likeness (QED) is 0.709. The Morgan fingerprint density at radius 3 is 2.54 bits per heavy atom. The van der Waals surface area contributed by atoms with Crippen molar-refractivity contribution in [2.75, 3.05) is 18.0 Å². The van der Waals surface area contributed by atoms with Crippen LogP contribution in [0.3, 0.4) is 0 Å². The van der Waals surface area contributed by atoms with Crippen LogP contribution in [-0.2, 0) is 10.5 Å². The first-order chi connectivity index (χ1) is 11.3. The fraction of sp³-hybridized carbons (Fsp3) is 0.438. The predicted octanol–water partition coefficient (Wildman–Crippen LogP) is 4.09. The van der Waals surface area contributed by atoms with E-state index in [1.54, 1.807) is 0 Å². The van der Waals surface area contributed by atoms with Crippen LogP contribution in [0.4, 0.5) is 23.7 Å². The summed E-state index contributed by atoms with van der Waals surface area (Å²) < 4.78 is 47.4. The summed E-state index contributed by atoms with van der Waals surface area (Å²) in [5, 5.41) is 0.129. The van der Waals surface area contributed by atoms with E-state index in [1.165, 1.54) is 25.1 Å².